The van der Waals surface area contributed by atoms with E-state index in [1.54, 1.807) is 18.2 Å². The van der Waals surface area contributed by atoms with E-state index in [1.165, 1.54) is 26.2 Å². The van der Waals surface area contributed by atoms with Crippen molar-refractivity contribution in [2.75, 3.05) is 54.3 Å². The number of methoxy groups -OCH3 is 3. The highest BCUT2D eigenvalue weighted by Gasteiger charge is 2.36. The molecule has 0 N–H and O–H groups in total. The SMILES string of the molecule is COc1cc(/C=C2/SC(=O)N(CN3CCOCC3)C2=O)cc(OC)c1OC. The molecule has 2 heterocycles. The minimum Gasteiger partial charge on any atom is -0.493 e. The van der Waals surface area contributed by atoms with Crippen molar-refractivity contribution in [3.05, 3.63) is 22.6 Å². The van der Waals surface area contributed by atoms with Crippen LogP contribution >= 0.6 is 11.8 Å². The Morgan fingerprint density at radius 1 is 1.07 bits per heavy atom. The molecule has 2 aliphatic heterocycles. The van der Waals surface area contributed by atoms with Crippen LogP contribution in [0, 0.1) is 0 Å². The second kappa shape index (κ2) is 8.64. The number of carbonyl (C=O) groups excluding carboxylic acids is 2. The Bertz CT molecular complexity index is 735. The molecule has 0 aromatic heterocycles. The van der Waals surface area contributed by atoms with Crippen LogP contribution in [0.15, 0.2) is 17.0 Å². The molecule has 9 heteroatoms. The largest absolute Gasteiger partial charge is 0.493 e. The van der Waals surface area contributed by atoms with E-state index in [1.807, 2.05) is 4.90 Å². The molecule has 0 radical (unpaired) electrons. The number of ether oxygens (including phenoxy) is 4. The highest BCUT2D eigenvalue weighted by molar-refractivity contribution is 8.18. The maximum atomic E-state index is 12.7. The fraction of sp³-hybridized carbons (Fsp3) is 0.444. The van der Waals surface area contributed by atoms with Crippen LogP contribution in [-0.4, -0.2) is 75.2 Å². The number of benzene rings is 1. The summed E-state index contributed by atoms with van der Waals surface area (Å²) in [5, 5.41) is -0.273. The van der Waals surface area contributed by atoms with Gasteiger partial charge in [0.15, 0.2) is 11.5 Å². The van der Waals surface area contributed by atoms with Crippen molar-refractivity contribution in [2.24, 2.45) is 0 Å². The summed E-state index contributed by atoms with van der Waals surface area (Å²) in [5.74, 6) is 1.13. The predicted molar refractivity (Wildman–Crippen MR) is 101 cm³/mol. The molecule has 0 unspecified atom stereocenters. The van der Waals surface area contributed by atoms with Crippen molar-refractivity contribution in [3.63, 3.8) is 0 Å². The van der Waals surface area contributed by atoms with Gasteiger partial charge in [0.25, 0.3) is 11.1 Å². The van der Waals surface area contributed by atoms with Crippen molar-refractivity contribution in [1.82, 2.24) is 9.80 Å². The van der Waals surface area contributed by atoms with E-state index in [4.69, 9.17) is 18.9 Å². The summed E-state index contributed by atoms with van der Waals surface area (Å²) < 4.78 is 21.3. The molecule has 2 amide bonds. The molecule has 27 heavy (non-hydrogen) atoms. The lowest BCUT2D eigenvalue weighted by Gasteiger charge is -2.29. The summed E-state index contributed by atoms with van der Waals surface area (Å²) in [7, 11) is 4.58. The molecule has 0 atom stereocenters. The van der Waals surface area contributed by atoms with Crippen LogP contribution in [-0.2, 0) is 9.53 Å². The first kappa shape index (κ1) is 19.5. The van der Waals surface area contributed by atoms with Gasteiger partial charge in [-0.2, -0.15) is 0 Å². The number of hydrogen-bond acceptors (Lipinski definition) is 8. The van der Waals surface area contributed by atoms with Gasteiger partial charge < -0.3 is 18.9 Å². The molecule has 2 aliphatic rings. The highest BCUT2D eigenvalue weighted by Crippen LogP contribution is 2.40. The predicted octanol–water partition coefficient (Wildman–Crippen LogP) is 2.04. The van der Waals surface area contributed by atoms with Crippen molar-refractivity contribution < 1.29 is 28.5 Å². The quantitative estimate of drug-likeness (QED) is 0.679. The van der Waals surface area contributed by atoms with Gasteiger partial charge in [0, 0.05) is 13.1 Å². The van der Waals surface area contributed by atoms with Crippen molar-refractivity contribution in [3.8, 4) is 17.2 Å². The number of nitrogens with zero attached hydrogens (tertiary/aromatic N) is 2. The summed E-state index contributed by atoms with van der Waals surface area (Å²) >= 11 is 0.930. The first-order chi connectivity index (χ1) is 13.1. The lowest BCUT2D eigenvalue weighted by molar-refractivity contribution is -0.125. The molecule has 2 saturated heterocycles. The molecule has 3 rings (SSSR count). The van der Waals surface area contributed by atoms with Crippen LogP contribution in [0.5, 0.6) is 17.2 Å². The standard InChI is InChI=1S/C18H22N2O6S/c1-23-13-8-12(9-14(24-2)16(13)25-3)10-15-17(21)20(18(22)27-15)11-19-4-6-26-7-5-19/h8-10H,4-7,11H2,1-3H3/b15-10+. The third-order valence-corrected chi connectivity index (χ3v) is 5.21. The summed E-state index contributed by atoms with van der Waals surface area (Å²) in [4.78, 5) is 28.7. The zero-order valence-corrected chi connectivity index (χ0v) is 16.3. The topological polar surface area (TPSA) is 77.5 Å². The molecule has 1 aromatic carbocycles. The van der Waals surface area contributed by atoms with Crippen molar-refractivity contribution in [1.29, 1.82) is 0 Å². The zero-order valence-electron chi connectivity index (χ0n) is 15.5. The maximum Gasteiger partial charge on any atom is 0.294 e. The summed E-state index contributed by atoms with van der Waals surface area (Å²) in [6, 6.07) is 3.47. The number of morpholine rings is 1. The first-order valence-electron chi connectivity index (χ1n) is 8.43. The molecular formula is C18H22N2O6S. The molecular weight excluding hydrogens is 372 g/mol. The summed E-state index contributed by atoms with van der Waals surface area (Å²) in [6.45, 7) is 2.90. The van der Waals surface area contributed by atoms with Gasteiger partial charge in [-0.25, -0.2) is 0 Å². The Hall–Kier alpha value is -2.23. The van der Waals surface area contributed by atoms with E-state index in [0.717, 1.165) is 11.8 Å². The monoisotopic (exact) mass is 394 g/mol. The third kappa shape index (κ3) is 4.20. The van der Waals surface area contributed by atoms with E-state index in [2.05, 4.69) is 0 Å². The molecule has 0 spiro atoms. The van der Waals surface area contributed by atoms with Crippen LogP contribution in [0.3, 0.4) is 0 Å². The second-order valence-electron chi connectivity index (χ2n) is 5.94. The normalized spacial score (nSPS) is 19.7. The molecule has 8 nitrogen and oxygen atoms in total. The van der Waals surface area contributed by atoms with Gasteiger partial charge in [-0.3, -0.25) is 19.4 Å². The van der Waals surface area contributed by atoms with Crippen LogP contribution in [0.2, 0.25) is 0 Å². The zero-order chi connectivity index (χ0) is 19.4. The number of hydrogen-bond donors (Lipinski definition) is 0. The fourth-order valence-electron chi connectivity index (χ4n) is 2.90. The number of thioether (sulfide) groups is 1. The van der Waals surface area contributed by atoms with E-state index >= 15 is 0 Å². The third-order valence-electron chi connectivity index (χ3n) is 4.30. The smallest absolute Gasteiger partial charge is 0.294 e. The Labute approximate surface area is 162 Å². The van der Waals surface area contributed by atoms with Crippen LogP contribution in [0.25, 0.3) is 6.08 Å². The molecule has 1 aromatic rings. The number of carbonyl (C=O) groups is 2. The average molecular weight is 394 g/mol. The number of rotatable bonds is 6. The first-order valence-corrected chi connectivity index (χ1v) is 9.24. The van der Waals surface area contributed by atoms with Gasteiger partial charge in [0.1, 0.15) is 0 Å². The Morgan fingerprint density at radius 2 is 1.70 bits per heavy atom. The van der Waals surface area contributed by atoms with Gasteiger partial charge in [0.2, 0.25) is 5.75 Å². The van der Waals surface area contributed by atoms with Gasteiger partial charge in [-0.15, -0.1) is 0 Å². The Kier molecular flexibility index (Phi) is 6.25. The lowest BCUT2D eigenvalue weighted by atomic mass is 10.1. The van der Waals surface area contributed by atoms with E-state index in [9.17, 15) is 9.59 Å². The maximum absolute atomic E-state index is 12.7. The Balaban J connectivity index is 1.82. The molecule has 2 fully saturated rings. The minimum atomic E-state index is -0.301. The summed E-state index contributed by atoms with van der Waals surface area (Å²) in [6.07, 6.45) is 1.66. The van der Waals surface area contributed by atoms with Crippen molar-refractivity contribution >= 4 is 29.0 Å². The lowest BCUT2D eigenvalue weighted by Crippen LogP contribution is -2.45. The second-order valence-corrected chi connectivity index (χ2v) is 6.93. The molecule has 0 bridgehead atoms. The van der Waals surface area contributed by atoms with Crippen LogP contribution in [0.1, 0.15) is 5.56 Å². The van der Waals surface area contributed by atoms with Crippen LogP contribution in [0.4, 0.5) is 4.79 Å². The molecule has 0 saturated carbocycles. The van der Waals surface area contributed by atoms with Crippen LogP contribution < -0.4 is 14.2 Å². The Morgan fingerprint density at radius 3 is 2.26 bits per heavy atom. The van der Waals surface area contributed by atoms with Gasteiger partial charge in [0.05, 0.1) is 46.1 Å². The van der Waals surface area contributed by atoms with E-state index < -0.39 is 0 Å². The number of amides is 2. The average Bonchev–Trinajstić information content (AvgIpc) is 2.95. The minimum absolute atomic E-state index is 0.273. The fourth-order valence-corrected chi connectivity index (χ4v) is 3.73. The molecule has 146 valence electrons. The molecule has 0 aliphatic carbocycles. The van der Waals surface area contributed by atoms with Gasteiger partial charge >= 0.3 is 0 Å². The highest BCUT2D eigenvalue weighted by atomic mass is 32.2. The number of imide groups is 1. The summed E-state index contributed by atoms with van der Waals surface area (Å²) in [5.41, 5.74) is 0.682. The van der Waals surface area contributed by atoms with E-state index in [0.29, 0.717) is 54.0 Å². The van der Waals surface area contributed by atoms with Gasteiger partial charge in [-0.05, 0) is 35.5 Å². The van der Waals surface area contributed by atoms with E-state index in [-0.39, 0.29) is 17.8 Å². The van der Waals surface area contributed by atoms with Crippen molar-refractivity contribution in [2.45, 2.75) is 0 Å². The van der Waals surface area contributed by atoms with Gasteiger partial charge in [-0.1, -0.05) is 0 Å².